The second kappa shape index (κ2) is 7.59. The largest absolute Gasteiger partial charge is 0.474 e. The fourth-order valence-corrected chi connectivity index (χ4v) is 3.91. The summed E-state index contributed by atoms with van der Waals surface area (Å²) in [5, 5.41) is 0.985. The van der Waals surface area contributed by atoms with Crippen molar-refractivity contribution in [3.8, 4) is 5.88 Å². The summed E-state index contributed by atoms with van der Waals surface area (Å²) >= 11 is 2.28. The van der Waals surface area contributed by atoms with Crippen molar-refractivity contribution in [1.82, 2.24) is 9.97 Å². The van der Waals surface area contributed by atoms with Crippen molar-refractivity contribution in [3.05, 3.63) is 21.9 Å². The Bertz CT molecular complexity index is 743. The van der Waals surface area contributed by atoms with Gasteiger partial charge in [0.05, 0.1) is 24.1 Å². The Morgan fingerprint density at radius 1 is 1.16 bits per heavy atom. The number of hydrogen-bond acceptors (Lipinski definition) is 6. The smallest absolute Gasteiger partial charge is 0.225 e. The van der Waals surface area contributed by atoms with Gasteiger partial charge in [-0.25, -0.2) is 0 Å². The van der Waals surface area contributed by atoms with Crippen LogP contribution in [0.25, 0.3) is 10.9 Å². The van der Waals surface area contributed by atoms with E-state index in [2.05, 4.69) is 44.6 Å². The molecule has 0 spiro atoms. The number of rotatable bonds is 3. The monoisotopic (exact) mass is 454 g/mol. The highest BCUT2D eigenvalue weighted by atomic mass is 127. The molecular weight excluding hydrogens is 431 g/mol. The number of halogens is 1. The predicted octanol–water partition coefficient (Wildman–Crippen LogP) is 2.72. The summed E-state index contributed by atoms with van der Waals surface area (Å²) < 4.78 is 12.9. The molecule has 1 saturated carbocycles. The zero-order valence-corrected chi connectivity index (χ0v) is 16.3. The molecule has 25 heavy (non-hydrogen) atoms. The van der Waals surface area contributed by atoms with E-state index in [0.29, 0.717) is 11.9 Å². The topological polar surface area (TPSA) is 73.5 Å². The molecule has 134 valence electrons. The van der Waals surface area contributed by atoms with Crippen molar-refractivity contribution < 1.29 is 9.47 Å². The number of nitrogens with zero attached hydrogens (tertiary/aromatic N) is 3. The van der Waals surface area contributed by atoms with Crippen LogP contribution in [0.1, 0.15) is 25.7 Å². The van der Waals surface area contributed by atoms with Gasteiger partial charge in [0.15, 0.2) is 0 Å². The normalized spacial score (nSPS) is 24.5. The zero-order chi connectivity index (χ0) is 17.2. The van der Waals surface area contributed by atoms with Gasteiger partial charge >= 0.3 is 0 Å². The minimum Gasteiger partial charge on any atom is -0.474 e. The third kappa shape index (κ3) is 3.98. The SMILES string of the molecule is NC1CCC(Oc2nc(N3CCOCC3)cc3ncc(I)cc23)CC1. The predicted molar refractivity (Wildman–Crippen MR) is 106 cm³/mol. The number of morpholine rings is 1. The molecule has 2 aromatic heterocycles. The van der Waals surface area contributed by atoms with Crippen LogP contribution < -0.4 is 15.4 Å². The molecule has 2 aliphatic rings. The Hall–Kier alpha value is -1.19. The zero-order valence-electron chi connectivity index (χ0n) is 14.2. The summed E-state index contributed by atoms with van der Waals surface area (Å²) in [5.74, 6) is 1.62. The van der Waals surface area contributed by atoms with Crippen LogP contribution in [0.4, 0.5) is 5.82 Å². The van der Waals surface area contributed by atoms with Gasteiger partial charge in [-0.15, -0.1) is 0 Å². The number of anilines is 1. The standard InChI is InChI=1S/C18H23IN4O2/c19-12-9-15-16(21-11-12)10-17(23-5-7-24-8-6-23)22-18(15)25-14-3-1-13(20)2-4-14/h9-11,13-14H,1-8,20H2. The molecule has 1 aliphatic carbocycles. The number of fused-ring (bicyclic) bond motifs is 1. The highest BCUT2D eigenvalue weighted by molar-refractivity contribution is 14.1. The average Bonchev–Trinajstić information content (AvgIpc) is 2.64. The van der Waals surface area contributed by atoms with Crippen LogP contribution in [-0.4, -0.2) is 48.4 Å². The molecule has 1 saturated heterocycles. The second-order valence-electron chi connectivity index (χ2n) is 6.76. The van der Waals surface area contributed by atoms with E-state index in [4.69, 9.17) is 20.2 Å². The van der Waals surface area contributed by atoms with Crippen molar-refractivity contribution in [2.24, 2.45) is 5.73 Å². The first kappa shape index (κ1) is 17.2. The van der Waals surface area contributed by atoms with E-state index in [-0.39, 0.29) is 6.10 Å². The quantitative estimate of drug-likeness (QED) is 0.720. The molecular formula is C18H23IN4O2. The number of nitrogens with two attached hydrogens (primary N) is 1. The molecule has 4 rings (SSSR count). The van der Waals surface area contributed by atoms with Crippen molar-refractivity contribution in [1.29, 1.82) is 0 Å². The first-order valence-corrected chi connectivity index (χ1v) is 9.98. The van der Waals surface area contributed by atoms with E-state index in [9.17, 15) is 0 Å². The average molecular weight is 454 g/mol. The highest BCUT2D eigenvalue weighted by Gasteiger charge is 2.23. The van der Waals surface area contributed by atoms with Crippen molar-refractivity contribution in [2.45, 2.75) is 37.8 Å². The lowest BCUT2D eigenvalue weighted by atomic mass is 9.94. The molecule has 0 bridgehead atoms. The molecule has 0 amide bonds. The van der Waals surface area contributed by atoms with Gasteiger partial charge < -0.3 is 20.1 Å². The second-order valence-corrected chi connectivity index (χ2v) is 8.01. The summed E-state index contributed by atoms with van der Waals surface area (Å²) in [4.78, 5) is 11.7. The van der Waals surface area contributed by atoms with Gasteiger partial charge in [0, 0.05) is 35.0 Å². The van der Waals surface area contributed by atoms with Crippen molar-refractivity contribution in [2.75, 3.05) is 31.2 Å². The van der Waals surface area contributed by atoms with Gasteiger partial charge in [0.25, 0.3) is 0 Å². The van der Waals surface area contributed by atoms with Crippen molar-refractivity contribution >= 4 is 39.3 Å². The van der Waals surface area contributed by atoms with E-state index in [1.165, 1.54) is 0 Å². The van der Waals surface area contributed by atoms with Gasteiger partial charge in [-0.1, -0.05) is 0 Å². The molecule has 0 aromatic carbocycles. The van der Waals surface area contributed by atoms with Crippen LogP contribution >= 0.6 is 22.6 Å². The van der Waals surface area contributed by atoms with Crippen LogP contribution in [0, 0.1) is 3.57 Å². The summed E-state index contributed by atoms with van der Waals surface area (Å²) in [5.41, 5.74) is 6.95. The molecule has 6 nitrogen and oxygen atoms in total. The Labute approximate surface area is 161 Å². The fraction of sp³-hybridized carbons (Fsp3) is 0.556. The maximum absolute atomic E-state index is 6.34. The maximum Gasteiger partial charge on any atom is 0.225 e. The van der Waals surface area contributed by atoms with E-state index in [0.717, 1.165) is 72.3 Å². The van der Waals surface area contributed by atoms with Crippen LogP contribution in [-0.2, 0) is 4.74 Å². The number of ether oxygens (including phenoxy) is 2. The number of hydrogen-bond donors (Lipinski definition) is 1. The van der Waals surface area contributed by atoms with Crippen molar-refractivity contribution in [3.63, 3.8) is 0 Å². The Morgan fingerprint density at radius 2 is 1.92 bits per heavy atom. The third-order valence-electron chi connectivity index (χ3n) is 4.93. The van der Waals surface area contributed by atoms with Gasteiger partial charge in [0.1, 0.15) is 11.9 Å². The van der Waals surface area contributed by atoms with E-state index < -0.39 is 0 Å². The highest BCUT2D eigenvalue weighted by Crippen LogP contribution is 2.31. The lowest BCUT2D eigenvalue weighted by molar-refractivity contribution is 0.122. The summed E-state index contributed by atoms with van der Waals surface area (Å²) in [6, 6.07) is 4.47. The summed E-state index contributed by atoms with van der Waals surface area (Å²) in [6.45, 7) is 3.16. The first-order valence-electron chi connectivity index (χ1n) is 8.90. The maximum atomic E-state index is 6.34. The fourth-order valence-electron chi connectivity index (χ4n) is 3.46. The van der Waals surface area contributed by atoms with E-state index >= 15 is 0 Å². The molecule has 2 fully saturated rings. The number of aromatic nitrogens is 2. The molecule has 0 radical (unpaired) electrons. The lowest BCUT2D eigenvalue weighted by Crippen LogP contribution is -2.37. The number of pyridine rings is 2. The van der Waals surface area contributed by atoms with E-state index in [1.807, 2.05) is 6.20 Å². The van der Waals surface area contributed by atoms with Gasteiger partial charge in [-0.05, 0) is 54.3 Å². The van der Waals surface area contributed by atoms with Gasteiger partial charge in [0.2, 0.25) is 5.88 Å². The van der Waals surface area contributed by atoms with Crippen LogP contribution in [0.2, 0.25) is 0 Å². The van der Waals surface area contributed by atoms with Crippen LogP contribution in [0.15, 0.2) is 18.3 Å². The molecule has 1 aliphatic heterocycles. The molecule has 0 unspecified atom stereocenters. The minimum absolute atomic E-state index is 0.188. The van der Waals surface area contributed by atoms with E-state index in [1.54, 1.807) is 0 Å². The van der Waals surface area contributed by atoms with Crippen LogP contribution in [0.3, 0.4) is 0 Å². The summed E-state index contributed by atoms with van der Waals surface area (Å²) in [6.07, 6.45) is 6.08. The Morgan fingerprint density at radius 3 is 2.68 bits per heavy atom. The lowest BCUT2D eigenvalue weighted by Gasteiger charge is -2.30. The van der Waals surface area contributed by atoms with Crippen LogP contribution in [0.5, 0.6) is 5.88 Å². The minimum atomic E-state index is 0.188. The molecule has 2 N–H and O–H groups in total. The van der Waals surface area contributed by atoms with Gasteiger partial charge in [-0.3, -0.25) is 4.98 Å². The Kier molecular flexibility index (Phi) is 5.23. The molecule has 2 aromatic rings. The molecule has 7 heteroatoms. The third-order valence-corrected chi connectivity index (χ3v) is 5.52. The molecule has 3 heterocycles. The first-order chi connectivity index (χ1) is 12.2. The van der Waals surface area contributed by atoms with Gasteiger partial charge in [-0.2, -0.15) is 4.98 Å². The summed E-state index contributed by atoms with van der Waals surface area (Å²) in [7, 11) is 0. The molecule has 0 atom stereocenters. The Balaban J connectivity index is 1.67.